The highest BCUT2D eigenvalue weighted by atomic mass is 16.6. The maximum absolute atomic E-state index is 14.2. The Bertz CT molecular complexity index is 1240. The molecule has 2 aromatic carbocycles. The summed E-state index contributed by atoms with van der Waals surface area (Å²) in [5.74, 6) is -1.68. The number of ether oxygens (including phenoxy) is 2. The van der Waals surface area contributed by atoms with Gasteiger partial charge in [-0.3, -0.25) is 9.59 Å². The number of rotatable bonds is 11. The van der Waals surface area contributed by atoms with E-state index >= 15 is 0 Å². The Morgan fingerprint density at radius 3 is 1.98 bits per heavy atom. The first-order valence-corrected chi connectivity index (χ1v) is 14.0. The van der Waals surface area contributed by atoms with Crippen LogP contribution < -0.4 is 10.6 Å². The van der Waals surface area contributed by atoms with E-state index in [0.717, 1.165) is 16.7 Å². The van der Waals surface area contributed by atoms with Crippen molar-refractivity contribution in [3.63, 3.8) is 0 Å². The summed E-state index contributed by atoms with van der Waals surface area (Å²) < 4.78 is 10.9. The lowest BCUT2D eigenvalue weighted by molar-refractivity contribution is -0.159. The number of amides is 3. The van der Waals surface area contributed by atoms with Gasteiger partial charge in [0.25, 0.3) is 0 Å². The highest BCUT2D eigenvalue weighted by Crippen LogP contribution is 2.28. The molecule has 0 fully saturated rings. The summed E-state index contributed by atoms with van der Waals surface area (Å²) in [6.45, 7) is 17.5. The van der Waals surface area contributed by atoms with Crippen molar-refractivity contribution in [2.75, 3.05) is 13.1 Å². The number of esters is 1. The van der Waals surface area contributed by atoms with E-state index in [2.05, 4.69) is 17.2 Å². The quantitative estimate of drug-likeness (QED) is 0.288. The first kappa shape index (κ1) is 34.1. The molecule has 0 saturated carbocycles. The highest BCUT2D eigenvalue weighted by Gasteiger charge is 2.36. The van der Waals surface area contributed by atoms with Crippen molar-refractivity contribution in [3.05, 3.63) is 83.4 Å². The smallest absolute Gasteiger partial charge is 0.408 e. The normalized spacial score (nSPS) is 12.9. The van der Waals surface area contributed by atoms with E-state index < -0.39 is 53.7 Å². The van der Waals surface area contributed by atoms with Crippen LogP contribution in [0.5, 0.6) is 0 Å². The predicted octanol–water partition coefficient (Wildman–Crippen LogP) is 4.95. The van der Waals surface area contributed by atoms with E-state index in [9.17, 15) is 19.2 Å². The number of nitrogens with one attached hydrogen (secondary N) is 2. The molecule has 0 aromatic heterocycles. The largest absolute Gasteiger partial charge is 0.458 e. The Morgan fingerprint density at radius 1 is 0.881 bits per heavy atom. The van der Waals surface area contributed by atoms with Gasteiger partial charge in [0.2, 0.25) is 11.8 Å². The molecule has 0 radical (unpaired) electrons. The zero-order valence-corrected chi connectivity index (χ0v) is 26.1. The molecule has 0 bridgehead atoms. The molecule has 9 nitrogen and oxygen atoms in total. The van der Waals surface area contributed by atoms with Gasteiger partial charge in [0.05, 0.1) is 0 Å². The van der Waals surface area contributed by atoms with E-state index in [1.165, 1.54) is 11.0 Å². The van der Waals surface area contributed by atoms with Gasteiger partial charge in [-0.05, 0) is 77.6 Å². The lowest BCUT2D eigenvalue weighted by atomic mass is 9.93. The average molecular weight is 580 g/mol. The zero-order valence-electron chi connectivity index (χ0n) is 26.1. The van der Waals surface area contributed by atoms with Crippen molar-refractivity contribution < 1.29 is 28.7 Å². The number of aryl methyl sites for hydroxylation is 2. The first-order valence-electron chi connectivity index (χ1n) is 14.0. The van der Waals surface area contributed by atoms with Gasteiger partial charge in [0.15, 0.2) is 0 Å². The summed E-state index contributed by atoms with van der Waals surface area (Å²) in [5.41, 5.74) is 1.50. The van der Waals surface area contributed by atoms with Crippen molar-refractivity contribution in [2.24, 2.45) is 0 Å². The van der Waals surface area contributed by atoms with Crippen LogP contribution in [0.3, 0.4) is 0 Å². The molecule has 9 heteroatoms. The van der Waals surface area contributed by atoms with Crippen LogP contribution in [0.4, 0.5) is 4.79 Å². The standard InChI is InChI=1S/C33H45N3O6/c1-10-19-36(26(37)21-34-31(40)42-33(7,8)9)28(27-22(2)15-14-16-23(27)3)29(38)35-25(30(39)41-32(4,5)6)20-24-17-12-11-13-18-24/h10-18,25,28H,1,19-21H2,2-9H3,(H,34,40)(H,35,38). The Hall–Kier alpha value is -4.14. The second-order valence-corrected chi connectivity index (χ2v) is 12.2. The molecule has 0 spiro atoms. The van der Waals surface area contributed by atoms with E-state index in [4.69, 9.17) is 9.47 Å². The Labute approximate surface area is 249 Å². The van der Waals surface area contributed by atoms with E-state index in [1.807, 2.05) is 62.4 Å². The molecule has 0 aliphatic carbocycles. The number of hydrogen-bond acceptors (Lipinski definition) is 6. The molecule has 0 aliphatic heterocycles. The van der Waals surface area contributed by atoms with Gasteiger partial charge in [-0.2, -0.15) is 0 Å². The summed E-state index contributed by atoms with van der Waals surface area (Å²) in [7, 11) is 0. The first-order chi connectivity index (χ1) is 19.5. The molecule has 0 saturated heterocycles. The Morgan fingerprint density at radius 2 is 1.45 bits per heavy atom. The van der Waals surface area contributed by atoms with Crippen LogP contribution in [0.15, 0.2) is 61.2 Å². The van der Waals surface area contributed by atoms with Crippen molar-refractivity contribution in [1.82, 2.24) is 15.5 Å². The summed E-state index contributed by atoms with van der Waals surface area (Å²) in [4.78, 5) is 54.7. The minimum absolute atomic E-state index is 0.0104. The molecule has 3 amide bonds. The maximum Gasteiger partial charge on any atom is 0.408 e. The van der Waals surface area contributed by atoms with Crippen molar-refractivity contribution in [1.29, 1.82) is 0 Å². The van der Waals surface area contributed by atoms with E-state index in [1.54, 1.807) is 41.5 Å². The molecule has 228 valence electrons. The average Bonchev–Trinajstić information content (AvgIpc) is 2.86. The number of hydrogen-bond donors (Lipinski definition) is 2. The summed E-state index contributed by atoms with van der Waals surface area (Å²) >= 11 is 0. The zero-order chi connectivity index (χ0) is 31.7. The fourth-order valence-corrected chi connectivity index (χ4v) is 4.41. The topological polar surface area (TPSA) is 114 Å². The van der Waals surface area contributed by atoms with Crippen molar-refractivity contribution >= 4 is 23.9 Å². The molecule has 42 heavy (non-hydrogen) atoms. The minimum Gasteiger partial charge on any atom is -0.458 e. The lowest BCUT2D eigenvalue weighted by Gasteiger charge is -2.34. The molecular formula is C33H45N3O6. The number of carbonyl (C=O) groups is 4. The van der Waals surface area contributed by atoms with Crippen LogP contribution in [-0.4, -0.2) is 59.1 Å². The summed E-state index contributed by atoms with van der Waals surface area (Å²) in [5, 5.41) is 5.35. The predicted molar refractivity (Wildman–Crippen MR) is 163 cm³/mol. The van der Waals surface area contributed by atoms with Gasteiger partial charge in [0, 0.05) is 13.0 Å². The summed E-state index contributed by atoms with van der Waals surface area (Å²) in [6, 6.07) is 12.7. The molecule has 2 atom stereocenters. The van der Waals surface area contributed by atoms with Crippen molar-refractivity contribution in [2.45, 2.75) is 85.1 Å². The number of carbonyl (C=O) groups excluding carboxylic acids is 4. The molecule has 0 heterocycles. The highest BCUT2D eigenvalue weighted by molar-refractivity contribution is 5.93. The second-order valence-electron chi connectivity index (χ2n) is 12.2. The van der Waals surface area contributed by atoms with Crippen molar-refractivity contribution in [3.8, 4) is 0 Å². The van der Waals surface area contributed by atoms with Crippen LogP contribution in [0.25, 0.3) is 0 Å². The second kappa shape index (κ2) is 14.7. The van der Waals surface area contributed by atoms with Crippen LogP contribution in [0, 0.1) is 13.8 Å². The van der Waals surface area contributed by atoms with E-state index in [0.29, 0.717) is 5.56 Å². The van der Waals surface area contributed by atoms with Crippen LogP contribution in [0.1, 0.15) is 69.8 Å². The van der Waals surface area contributed by atoms with Gasteiger partial charge < -0.3 is 25.0 Å². The molecular weight excluding hydrogens is 534 g/mol. The number of alkyl carbamates (subject to hydrolysis) is 1. The molecule has 2 rings (SSSR count). The number of benzene rings is 2. The molecule has 2 aromatic rings. The van der Waals surface area contributed by atoms with Gasteiger partial charge in [-0.1, -0.05) is 54.6 Å². The minimum atomic E-state index is -1.13. The van der Waals surface area contributed by atoms with Gasteiger partial charge in [-0.25, -0.2) is 9.59 Å². The van der Waals surface area contributed by atoms with Crippen LogP contribution in [-0.2, 0) is 30.3 Å². The third kappa shape index (κ3) is 10.7. The van der Waals surface area contributed by atoms with Gasteiger partial charge >= 0.3 is 12.1 Å². The molecule has 2 unspecified atom stereocenters. The third-order valence-corrected chi connectivity index (χ3v) is 6.10. The SMILES string of the molecule is C=CCN(C(=O)CNC(=O)OC(C)(C)C)C(C(=O)NC(Cc1ccccc1)C(=O)OC(C)(C)C)c1c(C)cccc1C. The molecule has 0 aliphatic rings. The van der Waals surface area contributed by atoms with E-state index in [-0.39, 0.29) is 13.0 Å². The molecule has 2 N–H and O–H groups in total. The Kier molecular flexibility index (Phi) is 11.9. The summed E-state index contributed by atoms with van der Waals surface area (Å²) in [6.07, 6.45) is 0.945. The third-order valence-electron chi connectivity index (χ3n) is 6.10. The lowest BCUT2D eigenvalue weighted by Crippen LogP contribution is -2.52. The fourth-order valence-electron chi connectivity index (χ4n) is 4.41. The van der Waals surface area contributed by atoms with Crippen LogP contribution >= 0.6 is 0 Å². The Balaban J connectivity index is 2.50. The van der Waals surface area contributed by atoms with Crippen LogP contribution in [0.2, 0.25) is 0 Å². The van der Waals surface area contributed by atoms with Gasteiger partial charge in [0.1, 0.15) is 29.8 Å². The maximum atomic E-state index is 14.2. The fraction of sp³-hybridized carbons (Fsp3) is 0.455. The number of nitrogens with zero attached hydrogens (tertiary/aromatic N) is 1. The monoisotopic (exact) mass is 579 g/mol. The van der Waals surface area contributed by atoms with Gasteiger partial charge in [-0.15, -0.1) is 6.58 Å².